The van der Waals surface area contributed by atoms with E-state index in [9.17, 15) is 14.9 Å². The first-order valence-electron chi connectivity index (χ1n) is 15.5. The Hall–Kier alpha value is -3.97. The molecule has 0 amide bonds. The molecule has 3 fully saturated rings. The molecule has 2 aromatic carbocycles. The number of nitriles is 2. The van der Waals surface area contributed by atoms with Crippen molar-refractivity contribution < 1.29 is 18.3 Å². The van der Waals surface area contributed by atoms with Crippen LogP contribution in [-0.2, 0) is 0 Å². The standard InChI is InChI=1S/C33H30ClF2N7O2S/c1-16-10-33(6-2-7-42(33)13-16)15-45-32-40-27-24-28(44-14-18-9-17(11-37)5-8-43(18)31(24)41-32)25(34)23(26(27)36)19-3-4-21(35)29-22(19)20(12-38)30(39)46-29/h3-4,16-18H,2,5-10,13-15,39H2,1H3/t16-,17?,18?,33+/m1/s1. The summed E-state index contributed by atoms with van der Waals surface area (Å²) in [5.41, 5.74) is 6.14. The molecular weight excluding hydrogens is 632 g/mol. The van der Waals surface area contributed by atoms with Crippen LogP contribution >= 0.6 is 22.9 Å². The highest BCUT2D eigenvalue weighted by Crippen LogP contribution is 2.52. The van der Waals surface area contributed by atoms with Gasteiger partial charge in [-0.1, -0.05) is 24.6 Å². The lowest BCUT2D eigenvalue weighted by Gasteiger charge is -2.37. The van der Waals surface area contributed by atoms with Crippen molar-refractivity contribution in [1.29, 1.82) is 10.5 Å². The number of hydrogen-bond donors (Lipinski definition) is 1. The van der Waals surface area contributed by atoms with Gasteiger partial charge >= 0.3 is 6.01 Å². The van der Waals surface area contributed by atoms with Gasteiger partial charge in [0.05, 0.1) is 44.2 Å². The first kappa shape index (κ1) is 29.4. The summed E-state index contributed by atoms with van der Waals surface area (Å²) in [6.45, 7) is 5.38. The van der Waals surface area contributed by atoms with Gasteiger partial charge in [-0.15, -0.1) is 11.3 Å². The summed E-state index contributed by atoms with van der Waals surface area (Å²) in [5, 5.41) is 20.2. The molecular formula is C33H30ClF2N7O2S. The molecule has 4 atom stereocenters. The Morgan fingerprint density at radius 3 is 2.89 bits per heavy atom. The zero-order valence-corrected chi connectivity index (χ0v) is 26.6. The average molecular weight is 662 g/mol. The highest BCUT2D eigenvalue weighted by Gasteiger charge is 2.48. The number of anilines is 2. The molecule has 46 heavy (non-hydrogen) atoms. The van der Waals surface area contributed by atoms with Gasteiger partial charge in [0.1, 0.15) is 41.4 Å². The SMILES string of the molecule is C[C@H]1CN2CCC[C@@]2(COc2nc3c4c(c(Cl)c(-c5ccc(F)c6sc(N)c(C#N)c56)c(F)c4n2)OCC2CC(C#N)CCN32)C1. The minimum Gasteiger partial charge on any atom is -0.489 e. The Labute approximate surface area is 273 Å². The number of nitrogens with two attached hydrogens (primary N) is 1. The molecule has 0 aliphatic carbocycles. The molecule has 3 saturated heterocycles. The number of piperidine rings is 1. The van der Waals surface area contributed by atoms with Crippen LogP contribution in [0.25, 0.3) is 32.1 Å². The van der Waals surface area contributed by atoms with E-state index in [0.717, 1.165) is 43.7 Å². The fraction of sp³-hybridized carbons (Fsp3) is 0.455. The van der Waals surface area contributed by atoms with Crippen molar-refractivity contribution in [3.8, 4) is 35.0 Å². The molecule has 4 aliphatic heterocycles. The van der Waals surface area contributed by atoms with E-state index < -0.39 is 11.6 Å². The summed E-state index contributed by atoms with van der Waals surface area (Å²) < 4.78 is 44.9. The third-order valence-corrected chi connectivity index (χ3v) is 11.6. The molecule has 0 spiro atoms. The van der Waals surface area contributed by atoms with Crippen molar-refractivity contribution in [3.05, 3.63) is 34.4 Å². The van der Waals surface area contributed by atoms with E-state index in [0.29, 0.717) is 43.1 Å². The van der Waals surface area contributed by atoms with Gasteiger partial charge in [0.15, 0.2) is 11.6 Å². The summed E-state index contributed by atoms with van der Waals surface area (Å²) >= 11 is 7.96. The molecule has 6 heterocycles. The smallest absolute Gasteiger partial charge is 0.319 e. The Balaban J connectivity index is 1.34. The number of thiophene rings is 1. The van der Waals surface area contributed by atoms with Gasteiger partial charge in [-0.25, -0.2) is 8.78 Å². The van der Waals surface area contributed by atoms with Crippen molar-refractivity contribution in [3.63, 3.8) is 0 Å². The molecule has 13 heteroatoms. The number of benzene rings is 2. The van der Waals surface area contributed by atoms with Crippen LogP contribution in [0.4, 0.5) is 19.6 Å². The van der Waals surface area contributed by atoms with Crippen molar-refractivity contribution >= 4 is 54.7 Å². The molecule has 0 bridgehead atoms. The molecule has 2 aromatic heterocycles. The van der Waals surface area contributed by atoms with E-state index >= 15 is 4.39 Å². The minimum atomic E-state index is -0.761. The quantitative estimate of drug-likeness (QED) is 0.256. The number of halogens is 3. The molecule has 2 N–H and O–H groups in total. The maximum Gasteiger partial charge on any atom is 0.319 e. The summed E-state index contributed by atoms with van der Waals surface area (Å²) in [7, 11) is 0. The van der Waals surface area contributed by atoms with Crippen LogP contribution in [0.1, 0.15) is 44.6 Å². The van der Waals surface area contributed by atoms with Gasteiger partial charge in [-0.05, 0) is 56.2 Å². The Bertz CT molecular complexity index is 2030. The minimum absolute atomic E-state index is 0.0396. The van der Waals surface area contributed by atoms with Crippen molar-refractivity contribution in [1.82, 2.24) is 14.9 Å². The van der Waals surface area contributed by atoms with Crippen molar-refractivity contribution in [2.45, 2.75) is 50.6 Å². The van der Waals surface area contributed by atoms with Gasteiger partial charge in [0.2, 0.25) is 0 Å². The highest BCUT2D eigenvalue weighted by molar-refractivity contribution is 7.23. The monoisotopic (exact) mass is 661 g/mol. The summed E-state index contributed by atoms with van der Waals surface area (Å²) in [6, 6.07) is 6.88. The fourth-order valence-corrected chi connectivity index (χ4v) is 9.48. The average Bonchev–Trinajstić information content (AvgIpc) is 3.66. The van der Waals surface area contributed by atoms with E-state index in [-0.39, 0.29) is 78.2 Å². The number of nitrogen functional groups attached to an aromatic ring is 1. The van der Waals surface area contributed by atoms with Crippen molar-refractivity contribution in [2.24, 2.45) is 11.8 Å². The van der Waals surface area contributed by atoms with Crippen LogP contribution in [0, 0.1) is 46.1 Å². The number of rotatable bonds is 4. The second kappa shape index (κ2) is 10.8. The summed E-state index contributed by atoms with van der Waals surface area (Å²) in [6.07, 6.45) is 4.29. The van der Waals surface area contributed by atoms with Crippen LogP contribution in [0.5, 0.6) is 11.8 Å². The molecule has 4 aliphatic rings. The van der Waals surface area contributed by atoms with Gasteiger partial charge < -0.3 is 20.1 Å². The molecule has 4 aromatic rings. The van der Waals surface area contributed by atoms with E-state index in [4.69, 9.17) is 31.8 Å². The van der Waals surface area contributed by atoms with Crippen LogP contribution in [0.2, 0.25) is 5.02 Å². The molecule has 236 valence electrons. The zero-order chi connectivity index (χ0) is 31.9. The van der Waals surface area contributed by atoms with E-state index in [1.165, 1.54) is 12.1 Å². The number of fused-ring (bicyclic) bond motifs is 4. The van der Waals surface area contributed by atoms with Crippen LogP contribution in [-0.4, -0.2) is 59.3 Å². The lowest BCUT2D eigenvalue weighted by atomic mass is 9.91. The van der Waals surface area contributed by atoms with E-state index in [1.807, 2.05) is 6.07 Å². The van der Waals surface area contributed by atoms with Crippen molar-refractivity contribution in [2.75, 3.05) is 43.5 Å². The van der Waals surface area contributed by atoms with Crippen LogP contribution in [0.3, 0.4) is 0 Å². The zero-order valence-electron chi connectivity index (χ0n) is 25.1. The summed E-state index contributed by atoms with van der Waals surface area (Å²) in [5.74, 6) is -0.297. The van der Waals surface area contributed by atoms with Gasteiger partial charge in [0.25, 0.3) is 0 Å². The Morgan fingerprint density at radius 2 is 2.09 bits per heavy atom. The first-order valence-corrected chi connectivity index (χ1v) is 16.7. The number of aromatic nitrogens is 2. The maximum absolute atomic E-state index is 17.1. The summed E-state index contributed by atoms with van der Waals surface area (Å²) in [4.78, 5) is 14.1. The van der Waals surface area contributed by atoms with Gasteiger partial charge in [0, 0.05) is 24.0 Å². The number of ether oxygens (including phenoxy) is 2. The van der Waals surface area contributed by atoms with E-state index in [1.54, 1.807) is 0 Å². The molecule has 9 nitrogen and oxygen atoms in total. The maximum atomic E-state index is 17.1. The third kappa shape index (κ3) is 4.30. The molecule has 8 rings (SSSR count). The fourth-order valence-electron chi connectivity index (χ4n) is 8.19. The molecule has 2 unspecified atom stereocenters. The lowest BCUT2D eigenvalue weighted by Crippen LogP contribution is -2.45. The number of hydrogen-bond acceptors (Lipinski definition) is 10. The largest absolute Gasteiger partial charge is 0.489 e. The van der Waals surface area contributed by atoms with Crippen LogP contribution < -0.4 is 20.1 Å². The third-order valence-electron chi connectivity index (χ3n) is 10.2. The predicted octanol–water partition coefficient (Wildman–Crippen LogP) is 6.65. The topological polar surface area (TPSA) is 124 Å². The highest BCUT2D eigenvalue weighted by atomic mass is 35.5. The number of nitrogens with zero attached hydrogens (tertiary/aromatic N) is 6. The normalized spacial score (nSPS) is 25.5. The predicted molar refractivity (Wildman–Crippen MR) is 172 cm³/mol. The second-order valence-corrected chi connectivity index (χ2v) is 14.4. The Morgan fingerprint density at radius 1 is 1.24 bits per heavy atom. The molecule has 0 radical (unpaired) electrons. The lowest BCUT2D eigenvalue weighted by molar-refractivity contribution is 0.107. The van der Waals surface area contributed by atoms with E-state index in [2.05, 4.69) is 27.8 Å². The Kier molecular flexibility index (Phi) is 6.91. The first-order chi connectivity index (χ1) is 22.2. The molecule has 0 saturated carbocycles. The van der Waals surface area contributed by atoms with Gasteiger partial charge in [-0.2, -0.15) is 20.5 Å². The van der Waals surface area contributed by atoms with Crippen LogP contribution in [0.15, 0.2) is 12.1 Å². The van der Waals surface area contributed by atoms with Gasteiger partial charge in [-0.3, -0.25) is 4.90 Å². The second-order valence-electron chi connectivity index (χ2n) is 13.0.